The summed E-state index contributed by atoms with van der Waals surface area (Å²) in [6.07, 6.45) is 2.62. The van der Waals surface area contributed by atoms with Gasteiger partial charge in [-0.25, -0.2) is 13.4 Å². The number of likely N-dealkylation sites (tertiary alicyclic amines) is 1. The number of nitrogens with zero attached hydrogens (tertiary/aromatic N) is 3. The number of sulfonamides is 1. The van der Waals surface area contributed by atoms with E-state index in [4.69, 9.17) is 0 Å². The van der Waals surface area contributed by atoms with Crippen LogP contribution in [0.15, 0.2) is 71.2 Å². The van der Waals surface area contributed by atoms with Gasteiger partial charge in [-0.2, -0.15) is 4.31 Å². The van der Waals surface area contributed by atoms with E-state index in [-0.39, 0.29) is 41.5 Å². The van der Waals surface area contributed by atoms with Gasteiger partial charge in [0.1, 0.15) is 6.04 Å². The largest absolute Gasteiger partial charge is 0.352 e. The van der Waals surface area contributed by atoms with E-state index in [1.54, 1.807) is 35.6 Å². The molecule has 0 aliphatic carbocycles. The number of pyridine rings is 1. The fourth-order valence-corrected chi connectivity index (χ4v) is 7.57. The van der Waals surface area contributed by atoms with Crippen molar-refractivity contribution in [2.75, 3.05) is 19.6 Å². The van der Waals surface area contributed by atoms with Gasteiger partial charge in [0.05, 0.1) is 12.6 Å². The van der Waals surface area contributed by atoms with Gasteiger partial charge in [0.15, 0.2) is 10.8 Å². The number of carbonyl (C=O) groups is 3. The lowest BCUT2D eigenvalue weighted by Crippen LogP contribution is -2.44. The van der Waals surface area contributed by atoms with Crippen LogP contribution in [0.1, 0.15) is 36.5 Å². The highest BCUT2D eigenvalue weighted by atomic mass is 32.2. The zero-order valence-corrected chi connectivity index (χ0v) is 23.2. The van der Waals surface area contributed by atoms with Crippen LogP contribution in [0.5, 0.6) is 0 Å². The lowest BCUT2D eigenvalue weighted by molar-refractivity contribution is -0.137. The van der Waals surface area contributed by atoms with E-state index in [0.717, 1.165) is 10.4 Å². The first-order chi connectivity index (χ1) is 18.8. The van der Waals surface area contributed by atoms with Gasteiger partial charge in [-0.1, -0.05) is 31.2 Å². The maximum Gasteiger partial charge on any atom is 0.261 e. The molecule has 1 N–H and O–H groups in total. The Morgan fingerprint density at radius 1 is 1.13 bits per heavy atom. The summed E-state index contributed by atoms with van der Waals surface area (Å²) >= 11 is 1.64. The normalized spacial score (nSPS) is 20.1. The molecule has 2 amide bonds. The fourth-order valence-electron chi connectivity index (χ4n) is 5.27. The Balaban J connectivity index is 1.12. The molecule has 0 saturated carbocycles. The molecule has 3 unspecified atom stereocenters. The van der Waals surface area contributed by atoms with E-state index >= 15 is 0 Å². The van der Waals surface area contributed by atoms with E-state index in [1.807, 2.05) is 36.6 Å². The minimum absolute atomic E-state index is 0.0251. The van der Waals surface area contributed by atoms with Gasteiger partial charge in [-0.3, -0.25) is 14.4 Å². The SMILES string of the molecule is CC(CCNC(=O)c1ccc(-c2cccs2)cc1)CC(=O)N1CCC2C1C(=O)CN2S(=O)(=O)c1ccccn1. The summed E-state index contributed by atoms with van der Waals surface area (Å²) in [4.78, 5) is 45.2. The molecule has 1 aromatic carbocycles. The number of benzene rings is 1. The molecule has 2 fully saturated rings. The predicted molar refractivity (Wildman–Crippen MR) is 148 cm³/mol. The number of Topliss-reactive ketones (excluding diaryl/α,β-unsaturated/α-hetero) is 1. The topological polar surface area (TPSA) is 117 Å². The third kappa shape index (κ3) is 5.66. The zero-order chi connectivity index (χ0) is 27.6. The smallest absolute Gasteiger partial charge is 0.261 e. The first-order valence-corrected chi connectivity index (χ1v) is 15.2. The van der Waals surface area contributed by atoms with E-state index in [0.29, 0.717) is 31.5 Å². The van der Waals surface area contributed by atoms with Crippen LogP contribution in [0.3, 0.4) is 0 Å². The summed E-state index contributed by atoms with van der Waals surface area (Å²) in [7, 11) is -3.93. The molecule has 2 aliphatic heterocycles. The van der Waals surface area contributed by atoms with Gasteiger partial charge in [0.2, 0.25) is 5.91 Å². The Labute approximate surface area is 231 Å². The van der Waals surface area contributed by atoms with Gasteiger partial charge in [-0.05, 0) is 60.0 Å². The maximum atomic E-state index is 13.1. The van der Waals surface area contributed by atoms with E-state index in [9.17, 15) is 22.8 Å². The first-order valence-electron chi connectivity index (χ1n) is 12.9. The number of thiophene rings is 1. The van der Waals surface area contributed by atoms with Crippen molar-refractivity contribution in [3.05, 3.63) is 71.7 Å². The molecule has 0 spiro atoms. The van der Waals surface area contributed by atoms with Crippen molar-refractivity contribution >= 4 is 39.0 Å². The van der Waals surface area contributed by atoms with Crippen LogP contribution < -0.4 is 5.32 Å². The second-order valence-corrected chi connectivity index (χ2v) is 12.8. The number of fused-ring (bicyclic) bond motifs is 1. The zero-order valence-electron chi connectivity index (χ0n) is 21.5. The molecular weight excluding hydrogens is 536 g/mol. The molecule has 0 radical (unpaired) electrons. The third-order valence-corrected chi connectivity index (χ3v) is 10.0. The standard InChI is InChI=1S/C28H30N4O5S2/c1-19(11-14-30-28(35)21-9-7-20(8-10-21)24-5-4-16-38-24)17-26(34)31-15-12-22-27(31)23(33)18-32(22)39(36,37)25-6-2-3-13-29-25/h2-10,13,16,19,22,27H,11-12,14-15,17-18H2,1H3,(H,30,35). The molecule has 2 aliphatic rings. The van der Waals surface area contributed by atoms with Crippen molar-refractivity contribution in [1.29, 1.82) is 0 Å². The van der Waals surface area contributed by atoms with Crippen molar-refractivity contribution in [2.24, 2.45) is 5.92 Å². The molecule has 9 nitrogen and oxygen atoms in total. The van der Waals surface area contributed by atoms with Crippen LogP contribution in [0.4, 0.5) is 0 Å². The molecule has 3 aromatic rings. The quantitative estimate of drug-likeness (QED) is 0.425. The average molecular weight is 567 g/mol. The minimum atomic E-state index is -3.93. The molecule has 4 heterocycles. The Hall–Kier alpha value is -3.41. The van der Waals surface area contributed by atoms with Crippen molar-refractivity contribution in [2.45, 2.75) is 43.3 Å². The second-order valence-electron chi connectivity index (χ2n) is 9.98. The number of nitrogens with one attached hydrogen (secondary N) is 1. The highest BCUT2D eigenvalue weighted by Gasteiger charge is 2.53. The summed E-state index contributed by atoms with van der Waals surface area (Å²) in [5.41, 5.74) is 1.64. The molecule has 5 rings (SSSR count). The molecule has 0 bridgehead atoms. The lowest BCUT2D eigenvalue weighted by atomic mass is 10.0. The number of hydrogen-bond donors (Lipinski definition) is 1. The number of ketones is 1. The van der Waals surface area contributed by atoms with Gasteiger partial charge in [0.25, 0.3) is 15.9 Å². The molecule has 2 aromatic heterocycles. The molecule has 39 heavy (non-hydrogen) atoms. The number of aromatic nitrogens is 1. The fraction of sp³-hybridized carbons (Fsp3) is 0.357. The summed E-state index contributed by atoms with van der Waals surface area (Å²) in [6.45, 7) is 2.43. The first kappa shape index (κ1) is 27.2. The van der Waals surface area contributed by atoms with Crippen molar-refractivity contribution < 1.29 is 22.8 Å². The summed E-state index contributed by atoms with van der Waals surface area (Å²) < 4.78 is 27.4. The molecule has 11 heteroatoms. The Bertz CT molecular complexity index is 1440. The van der Waals surface area contributed by atoms with Crippen LogP contribution in [-0.2, 0) is 19.6 Å². The lowest BCUT2D eigenvalue weighted by Gasteiger charge is -2.25. The Morgan fingerprint density at radius 3 is 2.62 bits per heavy atom. The number of amides is 2. The van der Waals surface area contributed by atoms with Crippen LogP contribution >= 0.6 is 11.3 Å². The van der Waals surface area contributed by atoms with Crippen LogP contribution in [-0.4, -0.2) is 71.9 Å². The minimum Gasteiger partial charge on any atom is -0.352 e. The predicted octanol–water partition coefficient (Wildman–Crippen LogP) is 3.20. The average Bonchev–Trinajstić information content (AvgIpc) is 3.68. The second kappa shape index (κ2) is 11.4. The van der Waals surface area contributed by atoms with E-state index in [2.05, 4.69) is 10.3 Å². The number of rotatable bonds is 9. The van der Waals surface area contributed by atoms with Gasteiger partial charge < -0.3 is 10.2 Å². The third-order valence-electron chi connectivity index (χ3n) is 7.31. The van der Waals surface area contributed by atoms with E-state index in [1.165, 1.54) is 21.5 Å². The Morgan fingerprint density at radius 2 is 1.92 bits per heavy atom. The van der Waals surface area contributed by atoms with Crippen LogP contribution in [0, 0.1) is 5.92 Å². The van der Waals surface area contributed by atoms with Gasteiger partial charge in [-0.15, -0.1) is 11.3 Å². The number of hydrogen-bond acceptors (Lipinski definition) is 7. The molecule has 204 valence electrons. The molecule has 3 atom stereocenters. The monoisotopic (exact) mass is 566 g/mol. The highest BCUT2D eigenvalue weighted by molar-refractivity contribution is 7.89. The Kier molecular flexibility index (Phi) is 7.92. The number of carbonyl (C=O) groups excluding carboxylic acids is 3. The molecule has 2 saturated heterocycles. The molecular formula is C28H30N4O5S2. The summed E-state index contributed by atoms with van der Waals surface area (Å²) in [6, 6.07) is 14.8. The van der Waals surface area contributed by atoms with Gasteiger partial charge >= 0.3 is 0 Å². The van der Waals surface area contributed by atoms with Crippen LogP contribution in [0.2, 0.25) is 0 Å². The van der Waals surface area contributed by atoms with E-state index < -0.39 is 22.1 Å². The van der Waals surface area contributed by atoms with Crippen molar-refractivity contribution in [3.63, 3.8) is 0 Å². The maximum absolute atomic E-state index is 13.1. The van der Waals surface area contributed by atoms with Crippen LogP contribution in [0.25, 0.3) is 10.4 Å². The summed E-state index contributed by atoms with van der Waals surface area (Å²) in [5, 5.41) is 4.83. The van der Waals surface area contributed by atoms with Crippen molar-refractivity contribution in [3.8, 4) is 10.4 Å². The summed E-state index contributed by atoms with van der Waals surface area (Å²) in [5.74, 6) is -0.631. The highest BCUT2D eigenvalue weighted by Crippen LogP contribution is 2.34. The van der Waals surface area contributed by atoms with Crippen molar-refractivity contribution in [1.82, 2.24) is 19.5 Å². The van der Waals surface area contributed by atoms with Gasteiger partial charge in [0, 0.05) is 36.1 Å².